The molecule has 1 heterocycles. The normalized spacial score (nSPS) is 15.6. The number of aromatic nitrogens is 1. The van der Waals surface area contributed by atoms with E-state index in [2.05, 4.69) is 5.32 Å². The average Bonchev–Trinajstić information content (AvgIpc) is 2.65. The lowest BCUT2D eigenvalue weighted by Crippen LogP contribution is -2.41. The molecule has 0 saturated heterocycles. The minimum atomic E-state index is -0.525. The molecular formula is C22H24N2O2. The molecule has 0 bridgehead atoms. The molecule has 4 nitrogen and oxygen atoms in total. The lowest BCUT2D eigenvalue weighted by molar-refractivity contribution is 0.100. The molecule has 26 heavy (non-hydrogen) atoms. The fraction of sp³-hybridized carbons (Fsp3) is 0.318. The summed E-state index contributed by atoms with van der Waals surface area (Å²) in [5.41, 5.74) is 2.82. The molecule has 0 unspecified atom stereocenters. The summed E-state index contributed by atoms with van der Waals surface area (Å²) >= 11 is 0. The van der Waals surface area contributed by atoms with Crippen LogP contribution >= 0.6 is 0 Å². The lowest BCUT2D eigenvalue weighted by Gasteiger charge is -2.27. The van der Waals surface area contributed by atoms with Crippen LogP contribution in [-0.2, 0) is 0 Å². The molecule has 4 rings (SSSR count). The first kappa shape index (κ1) is 17.0. The number of pyridine rings is 1. The number of para-hydroxylation sites is 1. The number of ether oxygens (including phenoxy) is 1. The summed E-state index contributed by atoms with van der Waals surface area (Å²) in [6.07, 6.45) is 3.18. The van der Waals surface area contributed by atoms with Crippen LogP contribution in [-0.4, -0.2) is 35.4 Å². The number of nitrogens with one attached hydrogen (secondary N) is 1. The fourth-order valence-corrected chi connectivity index (χ4v) is 3.18. The Kier molecular flexibility index (Phi) is 5.14. The van der Waals surface area contributed by atoms with Crippen LogP contribution in [0.1, 0.15) is 19.3 Å². The van der Waals surface area contributed by atoms with Crippen molar-refractivity contribution in [1.29, 1.82) is 0 Å². The fourth-order valence-electron chi connectivity index (χ4n) is 3.18. The molecule has 3 aromatic rings. The van der Waals surface area contributed by atoms with Crippen LogP contribution in [0.15, 0.2) is 60.7 Å². The van der Waals surface area contributed by atoms with Gasteiger partial charge in [-0.05, 0) is 25.0 Å². The van der Waals surface area contributed by atoms with Crippen LogP contribution in [0.2, 0.25) is 0 Å². The summed E-state index contributed by atoms with van der Waals surface area (Å²) in [7, 11) is 0. The van der Waals surface area contributed by atoms with Gasteiger partial charge in [0.05, 0.1) is 11.2 Å². The van der Waals surface area contributed by atoms with Crippen molar-refractivity contribution in [3.63, 3.8) is 0 Å². The van der Waals surface area contributed by atoms with Gasteiger partial charge in [0.25, 0.3) is 0 Å². The van der Waals surface area contributed by atoms with Gasteiger partial charge in [-0.3, -0.25) is 0 Å². The summed E-state index contributed by atoms with van der Waals surface area (Å²) in [4.78, 5) is 4.76. The first-order valence-corrected chi connectivity index (χ1v) is 9.29. The predicted molar refractivity (Wildman–Crippen MR) is 104 cm³/mol. The van der Waals surface area contributed by atoms with Crippen molar-refractivity contribution in [2.75, 3.05) is 13.2 Å². The Hall–Kier alpha value is -2.43. The second kappa shape index (κ2) is 7.85. The van der Waals surface area contributed by atoms with Crippen molar-refractivity contribution in [2.45, 2.75) is 31.4 Å². The van der Waals surface area contributed by atoms with E-state index in [-0.39, 0.29) is 6.61 Å². The Morgan fingerprint density at radius 1 is 1.08 bits per heavy atom. The third-order valence-corrected chi connectivity index (χ3v) is 4.93. The summed E-state index contributed by atoms with van der Waals surface area (Å²) < 4.78 is 6.00. The zero-order valence-electron chi connectivity index (χ0n) is 14.8. The first-order chi connectivity index (χ1) is 12.8. The number of nitrogens with zero attached hydrogens (tertiary/aromatic N) is 1. The highest BCUT2D eigenvalue weighted by atomic mass is 16.5. The highest BCUT2D eigenvalue weighted by molar-refractivity contribution is 5.87. The topological polar surface area (TPSA) is 54.4 Å². The van der Waals surface area contributed by atoms with E-state index >= 15 is 0 Å². The minimum Gasteiger partial charge on any atom is -0.490 e. The molecular weight excluding hydrogens is 324 g/mol. The predicted octanol–water partition coefficient (Wildman–Crippen LogP) is 3.78. The SMILES string of the molecule is O[C@@H](CNC1CCC1)COc1cc(-c2ccccc2)nc2ccccc12. The van der Waals surface area contributed by atoms with E-state index in [1.165, 1.54) is 19.3 Å². The Bertz CT molecular complexity index is 862. The zero-order valence-corrected chi connectivity index (χ0v) is 14.8. The summed E-state index contributed by atoms with van der Waals surface area (Å²) in [5, 5.41) is 14.6. The summed E-state index contributed by atoms with van der Waals surface area (Å²) in [5.74, 6) is 0.761. The number of hydrogen-bond donors (Lipinski definition) is 2. The van der Waals surface area contributed by atoms with Gasteiger partial charge in [0, 0.05) is 29.6 Å². The van der Waals surface area contributed by atoms with E-state index in [1.807, 2.05) is 60.7 Å². The number of fused-ring (bicyclic) bond motifs is 1. The molecule has 2 N–H and O–H groups in total. The molecule has 1 fully saturated rings. The van der Waals surface area contributed by atoms with Gasteiger partial charge in [0.15, 0.2) is 0 Å². The molecule has 134 valence electrons. The zero-order chi connectivity index (χ0) is 17.8. The number of hydrogen-bond acceptors (Lipinski definition) is 4. The van der Waals surface area contributed by atoms with Crippen molar-refractivity contribution in [3.05, 3.63) is 60.7 Å². The Morgan fingerprint density at radius 3 is 2.62 bits per heavy atom. The molecule has 1 aliphatic carbocycles. The maximum atomic E-state index is 10.2. The second-order valence-corrected chi connectivity index (χ2v) is 6.89. The van der Waals surface area contributed by atoms with Gasteiger partial charge in [-0.25, -0.2) is 4.98 Å². The maximum Gasteiger partial charge on any atom is 0.131 e. The van der Waals surface area contributed by atoms with Crippen molar-refractivity contribution < 1.29 is 9.84 Å². The van der Waals surface area contributed by atoms with E-state index in [0.29, 0.717) is 12.6 Å². The van der Waals surface area contributed by atoms with E-state index in [0.717, 1.165) is 27.9 Å². The molecule has 2 aromatic carbocycles. The van der Waals surface area contributed by atoms with Gasteiger partial charge >= 0.3 is 0 Å². The monoisotopic (exact) mass is 348 g/mol. The number of benzene rings is 2. The molecule has 4 heteroatoms. The van der Waals surface area contributed by atoms with Crippen molar-refractivity contribution in [1.82, 2.24) is 10.3 Å². The van der Waals surface area contributed by atoms with Gasteiger partial charge in [-0.15, -0.1) is 0 Å². The quantitative estimate of drug-likeness (QED) is 0.682. The van der Waals surface area contributed by atoms with E-state index in [9.17, 15) is 5.11 Å². The van der Waals surface area contributed by atoms with Gasteiger partial charge in [0.2, 0.25) is 0 Å². The molecule has 0 amide bonds. The van der Waals surface area contributed by atoms with E-state index in [4.69, 9.17) is 9.72 Å². The third-order valence-electron chi connectivity index (χ3n) is 4.93. The molecule has 1 atom stereocenters. The Balaban J connectivity index is 1.53. The highest BCUT2D eigenvalue weighted by Gasteiger charge is 2.18. The lowest BCUT2D eigenvalue weighted by atomic mass is 9.93. The molecule has 1 saturated carbocycles. The molecule has 1 aliphatic rings. The smallest absolute Gasteiger partial charge is 0.131 e. The molecule has 0 radical (unpaired) electrons. The molecule has 0 spiro atoms. The summed E-state index contributed by atoms with van der Waals surface area (Å²) in [6, 6.07) is 20.6. The largest absolute Gasteiger partial charge is 0.490 e. The standard InChI is InChI=1S/C22H24N2O2/c25-18(14-23-17-9-6-10-17)15-26-22-13-21(16-7-2-1-3-8-16)24-20-12-5-4-11-19(20)22/h1-5,7-8,11-13,17-18,23,25H,6,9-10,14-15H2/t18-/m0/s1. The third kappa shape index (κ3) is 3.87. The maximum absolute atomic E-state index is 10.2. The first-order valence-electron chi connectivity index (χ1n) is 9.29. The van der Waals surface area contributed by atoms with Crippen molar-refractivity contribution >= 4 is 10.9 Å². The van der Waals surface area contributed by atoms with Crippen LogP contribution in [0, 0.1) is 0 Å². The second-order valence-electron chi connectivity index (χ2n) is 6.89. The molecule has 1 aromatic heterocycles. The van der Waals surface area contributed by atoms with Crippen molar-refractivity contribution in [2.24, 2.45) is 0 Å². The van der Waals surface area contributed by atoms with Crippen LogP contribution in [0.3, 0.4) is 0 Å². The van der Waals surface area contributed by atoms with Crippen LogP contribution in [0.25, 0.3) is 22.2 Å². The Morgan fingerprint density at radius 2 is 1.85 bits per heavy atom. The van der Waals surface area contributed by atoms with Crippen LogP contribution in [0.5, 0.6) is 5.75 Å². The van der Waals surface area contributed by atoms with Crippen LogP contribution < -0.4 is 10.1 Å². The number of aliphatic hydroxyl groups excluding tert-OH is 1. The van der Waals surface area contributed by atoms with Crippen LogP contribution in [0.4, 0.5) is 0 Å². The number of aliphatic hydroxyl groups is 1. The molecule has 0 aliphatic heterocycles. The van der Waals surface area contributed by atoms with Gasteiger partial charge in [-0.1, -0.05) is 48.9 Å². The van der Waals surface area contributed by atoms with E-state index < -0.39 is 6.10 Å². The highest BCUT2D eigenvalue weighted by Crippen LogP contribution is 2.30. The van der Waals surface area contributed by atoms with Gasteiger partial charge in [-0.2, -0.15) is 0 Å². The summed E-state index contributed by atoms with van der Waals surface area (Å²) in [6.45, 7) is 0.835. The van der Waals surface area contributed by atoms with Gasteiger partial charge < -0.3 is 15.2 Å². The Labute approximate surface area is 153 Å². The van der Waals surface area contributed by atoms with Gasteiger partial charge in [0.1, 0.15) is 18.5 Å². The average molecular weight is 348 g/mol. The minimum absolute atomic E-state index is 0.266. The van der Waals surface area contributed by atoms with E-state index in [1.54, 1.807) is 0 Å². The van der Waals surface area contributed by atoms with Crippen molar-refractivity contribution in [3.8, 4) is 17.0 Å². The number of rotatable bonds is 7.